The van der Waals surface area contributed by atoms with E-state index in [0.29, 0.717) is 17.2 Å². The van der Waals surface area contributed by atoms with Gasteiger partial charge in [0.1, 0.15) is 17.7 Å². The number of hydrogen-bond donors (Lipinski definition) is 2. The fraction of sp³-hybridized carbons (Fsp3) is 0.207. The number of anilines is 2. The van der Waals surface area contributed by atoms with E-state index in [1.54, 1.807) is 12.3 Å². The molecule has 1 fully saturated rings. The van der Waals surface area contributed by atoms with Gasteiger partial charge in [0.25, 0.3) is 5.91 Å². The second-order valence-electron chi connectivity index (χ2n) is 9.13. The van der Waals surface area contributed by atoms with Crippen LogP contribution in [0.2, 0.25) is 0 Å². The zero-order chi connectivity index (χ0) is 30.4. The van der Waals surface area contributed by atoms with E-state index in [1.807, 2.05) is 0 Å². The van der Waals surface area contributed by atoms with Crippen molar-refractivity contribution in [3.05, 3.63) is 95.7 Å². The molecule has 0 spiro atoms. The van der Waals surface area contributed by atoms with Crippen molar-refractivity contribution in [1.82, 2.24) is 20.6 Å². The minimum atomic E-state index is -4.70. The molecule has 0 radical (unpaired) electrons. The van der Waals surface area contributed by atoms with Gasteiger partial charge in [-0.3, -0.25) is 24.4 Å². The highest BCUT2D eigenvalue weighted by Gasteiger charge is 2.41. The number of pyridine rings is 2. The second-order valence-corrected chi connectivity index (χ2v) is 9.13. The van der Waals surface area contributed by atoms with Gasteiger partial charge < -0.3 is 10.6 Å². The van der Waals surface area contributed by atoms with Crippen molar-refractivity contribution in [1.29, 1.82) is 0 Å². The van der Waals surface area contributed by atoms with Gasteiger partial charge in [0.15, 0.2) is 0 Å². The summed E-state index contributed by atoms with van der Waals surface area (Å²) in [6.07, 6.45) is -0.530. The molecule has 42 heavy (non-hydrogen) atoms. The minimum absolute atomic E-state index is 0.00637. The molecule has 3 heterocycles. The fourth-order valence-corrected chi connectivity index (χ4v) is 4.13. The van der Waals surface area contributed by atoms with Crippen LogP contribution in [0.3, 0.4) is 0 Å². The van der Waals surface area contributed by atoms with Crippen molar-refractivity contribution in [2.45, 2.75) is 25.7 Å². The van der Waals surface area contributed by atoms with Gasteiger partial charge in [-0.2, -0.15) is 13.2 Å². The summed E-state index contributed by atoms with van der Waals surface area (Å²) in [4.78, 5) is 48.2. The maximum absolute atomic E-state index is 13.8. The van der Waals surface area contributed by atoms with Crippen LogP contribution in [-0.2, 0) is 22.3 Å². The van der Waals surface area contributed by atoms with Gasteiger partial charge in [-0.15, -0.1) is 0 Å². The number of hydrogen-bond acceptors (Lipinski definition) is 5. The Hall–Kier alpha value is -5.25. The standard InChI is InChI=1S/C29H24F4N6O3/c1-3-26(40)35-16-20-12-19(14-34-15-20)5-4-10-38(23-8-6-22(30)7-9-23)27(41)24-17-36-28(42)39(24)25-13-21(29(31,32)33)11-18(2)37-25/h3,6-9,11-15,24H,1,10,16-17H2,2H3,(H,35,40)(H,36,42)/t24-/m0/s1. The lowest BCUT2D eigenvalue weighted by Crippen LogP contribution is -2.48. The van der Waals surface area contributed by atoms with Crippen molar-refractivity contribution in [2.75, 3.05) is 22.9 Å². The quantitative estimate of drug-likeness (QED) is 0.252. The number of urea groups is 1. The van der Waals surface area contributed by atoms with Crippen LogP contribution in [0.15, 0.2) is 67.5 Å². The third kappa shape index (κ3) is 7.08. The van der Waals surface area contributed by atoms with Crippen LogP contribution in [0.5, 0.6) is 0 Å². The smallest absolute Gasteiger partial charge is 0.348 e. The molecule has 1 saturated heterocycles. The van der Waals surface area contributed by atoms with Gasteiger partial charge >= 0.3 is 12.2 Å². The first-order chi connectivity index (χ1) is 20.0. The molecule has 4 rings (SSSR count). The predicted octanol–water partition coefficient (Wildman–Crippen LogP) is 3.73. The van der Waals surface area contributed by atoms with Crippen molar-refractivity contribution in [3.8, 4) is 11.8 Å². The molecule has 0 aliphatic carbocycles. The molecule has 0 bridgehead atoms. The Morgan fingerprint density at radius 1 is 1.21 bits per heavy atom. The number of alkyl halides is 3. The van der Waals surface area contributed by atoms with Crippen LogP contribution in [0.1, 0.15) is 22.4 Å². The molecule has 0 saturated carbocycles. The molecule has 9 nitrogen and oxygen atoms in total. The van der Waals surface area contributed by atoms with Crippen molar-refractivity contribution < 1.29 is 31.9 Å². The molecule has 13 heteroatoms. The Morgan fingerprint density at radius 3 is 2.64 bits per heavy atom. The van der Waals surface area contributed by atoms with E-state index in [4.69, 9.17) is 0 Å². The number of rotatable bonds is 7. The summed E-state index contributed by atoms with van der Waals surface area (Å²) in [6, 6.07) is 6.15. The van der Waals surface area contributed by atoms with Gasteiger partial charge in [-0.25, -0.2) is 14.2 Å². The fourth-order valence-electron chi connectivity index (χ4n) is 4.13. The molecule has 216 valence electrons. The first-order valence-electron chi connectivity index (χ1n) is 12.5. The monoisotopic (exact) mass is 580 g/mol. The first-order valence-corrected chi connectivity index (χ1v) is 12.5. The first kappa shape index (κ1) is 29.7. The number of carbonyl (C=O) groups is 3. The number of benzene rings is 1. The van der Waals surface area contributed by atoms with Crippen molar-refractivity contribution in [2.24, 2.45) is 0 Å². The van der Waals surface area contributed by atoms with Crippen LogP contribution in [-0.4, -0.2) is 46.9 Å². The van der Waals surface area contributed by atoms with Crippen LogP contribution in [0.25, 0.3) is 0 Å². The summed E-state index contributed by atoms with van der Waals surface area (Å²) in [5, 5.41) is 5.11. The number of carbonyl (C=O) groups excluding carboxylic acids is 3. The van der Waals surface area contributed by atoms with E-state index in [-0.39, 0.29) is 42.7 Å². The Kier molecular flexibility index (Phi) is 8.85. The molecule has 4 amide bonds. The highest BCUT2D eigenvalue weighted by molar-refractivity contribution is 6.08. The highest BCUT2D eigenvalue weighted by atomic mass is 19.4. The average Bonchev–Trinajstić information content (AvgIpc) is 3.35. The van der Waals surface area contributed by atoms with Gasteiger partial charge in [-0.05, 0) is 61.0 Å². The zero-order valence-electron chi connectivity index (χ0n) is 22.2. The van der Waals surface area contributed by atoms with E-state index < -0.39 is 35.5 Å². The normalized spacial score (nSPS) is 14.5. The highest BCUT2D eigenvalue weighted by Crippen LogP contribution is 2.33. The van der Waals surface area contributed by atoms with Crippen molar-refractivity contribution >= 4 is 29.4 Å². The van der Waals surface area contributed by atoms with E-state index in [1.165, 1.54) is 30.2 Å². The third-order valence-electron chi connectivity index (χ3n) is 6.10. The summed E-state index contributed by atoms with van der Waals surface area (Å²) >= 11 is 0. The molecule has 3 aromatic rings. The summed E-state index contributed by atoms with van der Waals surface area (Å²) < 4.78 is 54.1. The molecule has 2 aromatic heterocycles. The molecular formula is C29H24F4N6O3. The van der Waals surface area contributed by atoms with Gasteiger partial charge in [-0.1, -0.05) is 18.4 Å². The molecule has 2 N–H and O–H groups in total. The van der Waals surface area contributed by atoms with Crippen LogP contribution < -0.4 is 20.4 Å². The molecule has 1 aromatic carbocycles. The summed E-state index contributed by atoms with van der Waals surface area (Å²) in [6.45, 7) is 4.51. The number of aromatic nitrogens is 2. The molecule has 1 aliphatic rings. The number of aryl methyl sites for hydroxylation is 1. The Balaban J connectivity index is 1.63. The zero-order valence-corrected chi connectivity index (χ0v) is 22.2. The van der Waals surface area contributed by atoms with E-state index >= 15 is 0 Å². The molecule has 0 unspecified atom stereocenters. The third-order valence-corrected chi connectivity index (χ3v) is 6.10. The van der Waals surface area contributed by atoms with Crippen molar-refractivity contribution in [3.63, 3.8) is 0 Å². The summed E-state index contributed by atoms with van der Waals surface area (Å²) in [7, 11) is 0. The summed E-state index contributed by atoms with van der Waals surface area (Å²) in [5.41, 5.74) is 0.388. The topological polar surface area (TPSA) is 108 Å². The van der Waals surface area contributed by atoms with Crippen LogP contribution in [0.4, 0.5) is 33.9 Å². The lowest BCUT2D eigenvalue weighted by atomic mass is 10.1. The van der Waals surface area contributed by atoms with Gasteiger partial charge in [0, 0.05) is 42.4 Å². The second kappa shape index (κ2) is 12.5. The largest absolute Gasteiger partial charge is 0.416 e. The minimum Gasteiger partial charge on any atom is -0.348 e. The Morgan fingerprint density at radius 2 is 1.95 bits per heavy atom. The number of halogens is 4. The average molecular weight is 581 g/mol. The maximum atomic E-state index is 13.8. The number of nitrogens with zero attached hydrogens (tertiary/aromatic N) is 4. The molecular weight excluding hydrogens is 556 g/mol. The van der Waals surface area contributed by atoms with E-state index in [9.17, 15) is 31.9 Å². The van der Waals surface area contributed by atoms with Crippen LogP contribution >= 0.6 is 0 Å². The van der Waals surface area contributed by atoms with E-state index in [0.717, 1.165) is 29.2 Å². The number of nitrogens with one attached hydrogen (secondary N) is 2. The predicted molar refractivity (Wildman–Crippen MR) is 146 cm³/mol. The van der Waals surface area contributed by atoms with Gasteiger partial charge in [0.2, 0.25) is 5.91 Å². The summed E-state index contributed by atoms with van der Waals surface area (Å²) in [5.74, 6) is 3.81. The molecule has 1 atom stereocenters. The van der Waals surface area contributed by atoms with Gasteiger partial charge in [0.05, 0.1) is 12.1 Å². The maximum Gasteiger partial charge on any atom is 0.416 e. The Labute approximate surface area is 238 Å². The molecule has 1 aliphatic heterocycles. The SMILES string of the molecule is C=CC(=O)NCc1cncc(C#CCN(C(=O)[C@@H]2CNC(=O)N2c2cc(C(F)(F)F)cc(C)n2)c2ccc(F)cc2)c1. The number of amides is 4. The lowest BCUT2D eigenvalue weighted by molar-refractivity contribution is -0.137. The van der Waals surface area contributed by atoms with Crippen LogP contribution in [0, 0.1) is 24.6 Å². The Bertz CT molecular complexity index is 1580. The van der Waals surface area contributed by atoms with E-state index in [2.05, 4.69) is 39.0 Å². The lowest BCUT2D eigenvalue weighted by Gasteiger charge is -2.28.